The third-order valence-corrected chi connectivity index (χ3v) is 6.84. The van der Waals surface area contributed by atoms with Gasteiger partial charge >= 0.3 is 0 Å². The van der Waals surface area contributed by atoms with Gasteiger partial charge in [0, 0.05) is 20.8 Å². The normalized spacial score (nSPS) is 35.6. The van der Waals surface area contributed by atoms with E-state index in [0.717, 1.165) is 20.8 Å². The molecule has 11 N–H and O–H groups in total. The number of carbonyl (C=O) groups excluding carboxylic acids is 4. The van der Waals surface area contributed by atoms with Crippen LogP contribution in [0.3, 0.4) is 0 Å². The lowest BCUT2D eigenvalue weighted by atomic mass is 9.94. The smallest absolute Gasteiger partial charge is 0.217 e. The van der Waals surface area contributed by atoms with Crippen molar-refractivity contribution in [1.29, 1.82) is 0 Å². The van der Waals surface area contributed by atoms with E-state index in [0.29, 0.717) is 0 Å². The molecule has 3 amide bonds. The van der Waals surface area contributed by atoms with Crippen molar-refractivity contribution in [1.82, 2.24) is 16.0 Å². The van der Waals surface area contributed by atoms with E-state index in [1.54, 1.807) is 0 Å². The monoisotopic (exact) mass is 627 g/mol. The summed E-state index contributed by atoms with van der Waals surface area (Å²) >= 11 is 0. The van der Waals surface area contributed by atoms with E-state index in [9.17, 15) is 60.0 Å². The molecule has 2 saturated heterocycles. The van der Waals surface area contributed by atoms with E-state index < -0.39 is 123 Å². The molecule has 2 rings (SSSR count). The van der Waals surface area contributed by atoms with Gasteiger partial charge in [-0.3, -0.25) is 14.4 Å². The average molecular weight is 628 g/mol. The lowest BCUT2D eigenvalue weighted by Crippen LogP contribution is -2.70. The first-order chi connectivity index (χ1) is 20.2. The van der Waals surface area contributed by atoms with Gasteiger partial charge in [0.2, 0.25) is 17.7 Å². The molecule has 0 radical (unpaired) electrons. The second-order valence-corrected chi connectivity index (χ2v) is 10.2. The second-order valence-electron chi connectivity index (χ2n) is 10.2. The number of rotatable bonds is 14. The van der Waals surface area contributed by atoms with Gasteiger partial charge in [-0.05, 0) is 0 Å². The van der Waals surface area contributed by atoms with Crippen molar-refractivity contribution in [2.24, 2.45) is 0 Å². The topological polar surface area (TPSA) is 303 Å². The molecule has 2 fully saturated rings. The quantitative estimate of drug-likeness (QED) is 0.0797. The summed E-state index contributed by atoms with van der Waals surface area (Å²) in [7, 11) is 0. The molecule has 43 heavy (non-hydrogen) atoms. The fraction of sp³-hybridized carbons (Fsp3) is 0.833. The highest BCUT2D eigenvalue weighted by molar-refractivity contribution is 5.77. The van der Waals surface area contributed by atoms with Crippen LogP contribution < -0.4 is 16.0 Å². The first kappa shape index (κ1) is 36.8. The van der Waals surface area contributed by atoms with Gasteiger partial charge in [0.05, 0.1) is 19.8 Å². The summed E-state index contributed by atoms with van der Waals surface area (Å²) in [5, 5.41) is 89.2. The van der Waals surface area contributed by atoms with Crippen LogP contribution >= 0.6 is 0 Å². The van der Waals surface area contributed by atoms with Crippen molar-refractivity contribution in [3.05, 3.63) is 0 Å². The van der Waals surface area contributed by atoms with Gasteiger partial charge in [0.15, 0.2) is 12.6 Å². The van der Waals surface area contributed by atoms with Crippen LogP contribution in [-0.2, 0) is 38.1 Å². The number of aldehydes is 1. The Morgan fingerprint density at radius 3 is 1.81 bits per heavy atom. The van der Waals surface area contributed by atoms with Gasteiger partial charge in [-0.1, -0.05) is 0 Å². The standard InChI is InChI=1S/C24H41N3O16/c1-8(32)25-11(4-28)17(36)21(12(35)5-29)42-24-16(27-10(3)34)20(39)22(14(7-31)41-24)43-23-15(26-9(2)33)19(38)18(37)13(6-30)40-23/h4,11-24,29-31,35-39H,5-7H2,1-3H3,(H,25,32)(H,26,33)(H,27,34)/t11-,12-,13-,14-,15-,16-,17-,18-,19-,20-,21-,22-,23+,24+/m1/s1. The highest BCUT2D eigenvalue weighted by Crippen LogP contribution is 2.31. The van der Waals surface area contributed by atoms with Crippen LogP contribution in [0, 0.1) is 0 Å². The van der Waals surface area contributed by atoms with Crippen LogP contribution in [0.15, 0.2) is 0 Å². The van der Waals surface area contributed by atoms with E-state index in [4.69, 9.17) is 18.9 Å². The average Bonchev–Trinajstić information content (AvgIpc) is 2.95. The lowest BCUT2D eigenvalue weighted by molar-refractivity contribution is -0.341. The largest absolute Gasteiger partial charge is 0.394 e. The Balaban J connectivity index is 2.42. The number of amides is 3. The van der Waals surface area contributed by atoms with Gasteiger partial charge in [-0.15, -0.1) is 0 Å². The first-order valence-electron chi connectivity index (χ1n) is 13.3. The Morgan fingerprint density at radius 1 is 0.814 bits per heavy atom. The predicted molar refractivity (Wildman–Crippen MR) is 137 cm³/mol. The fourth-order valence-corrected chi connectivity index (χ4v) is 4.78. The third-order valence-electron chi connectivity index (χ3n) is 6.84. The van der Waals surface area contributed by atoms with Crippen molar-refractivity contribution < 1.29 is 79.0 Å². The van der Waals surface area contributed by atoms with E-state index in [2.05, 4.69) is 16.0 Å². The van der Waals surface area contributed by atoms with E-state index in [-0.39, 0.29) is 6.29 Å². The highest BCUT2D eigenvalue weighted by atomic mass is 16.7. The zero-order valence-electron chi connectivity index (χ0n) is 23.6. The molecule has 0 aromatic carbocycles. The fourth-order valence-electron chi connectivity index (χ4n) is 4.78. The minimum absolute atomic E-state index is 0.148. The van der Waals surface area contributed by atoms with Gasteiger partial charge in [-0.2, -0.15) is 0 Å². The molecule has 19 heteroatoms. The number of aliphatic hydroxyl groups is 8. The SMILES string of the molecule is CC(=O)N[C@H]1[C@H](O[C@@H]([C@H](O)[C@@H](C=O)NC(C)=O)[C@H](O)CO)O[C@H](CO)[C@@H](O[C@@H]2O[C@H](CO)[C@@H](O)[C@H](O)[C@H]2NC(C)=O)[C@@H]1O. The molecular formula is C24H41N3O16. The third kappa shape index (κ3) is 9.30. The van der Waals surface area contributed by atoms with Crippen molar-refractivity contribution in [3.8, 4) is 0 Å². The van der Waals surface area contributed by atoms with Gasteiger partial charge in [0.1, 0.15) is 79.3 Å². The van der Waals surface area contributed by atoms with Gasteiger partial charge < -0.3 is 80.5 Å². The van der Waals surface area contributed by atoms with Crippen molar-refractivity contribution in [2.45, 2.75) is 106 Å². The molecule has 2 heterocycles. The Morgan fingerprint density at radius 2 is 1.35 bits per heavy atom. The molecule has 0 aromatic heterocycles. The zero-order chi connectivity index (χ0) is 32.6. The second kappa shape index (κ2) is 16.6. The number of hydrogen-bond donors (Lipinski definition) is 11. The molecule has 0 unspecified atom stereocenters. The summed E-state index contributed by atoms with van der Waals surface area (Å²) in [5.41, 5.74) is 0. The predicted octanol–water partition coefficient (Wildman–Crippen LogP) is -7.30. The van der Waals surface area contributed by atoms with Crippen LogP contribution in [0.5, 0.6) is 0 Å². The minimum Gasteiger partial charge on any atom is -0.394 e. The van der Waals surface area contributed by atoms with Gasteiger partial charge in [-0.25, -0.2) is 0 Å². The highest BCUT2D eigenvalue weighted by Gasteiger charge is 2.53. The molecule has 0 aliphatic carbocycles. The summed E-state index contributed by atoms with van der Waals surface area (Å²) in [6.45, 7) is 0.540. The van der Waals surface area contributed by atoms with Crippen LogP contribution in [0.1, 0.15) is 20.8 Å². The van der Waals surface area contributed by atoms with Crippen molar-refractivity contribution in [2.75, 3.05) is 19.8 Å². The van der Waals surface area contributed by atoms with Gasteiger partial charge in [0.25, 0.3) is 0 Å². The first-order valence-corrected chi connectivity index (χ1v) is 13.3. The summed E-state index contributed by atoms with van der Waals surface area (Å²) in [5.74, 6) is -2.13. The van der Waals surface area contributed by atoms with Crippen LogP contribution in [0.25, 0.3) is 0 Å². The Bertz CT molecular complexity index is 944. The number of aliphatic hydroxyl groups excluding tert-OH is 8. The maximum absolute atomic E-state index is 12.1. The Hall–Kier alpha value is -2.40. The number of nitrogens with one attached hydrogen (secondary N) is 3. The maximum atomic E-state index is 12.1. The summed E-state index contributed by atoms with van der Waals surface area (Å²) in [4.78, 5) is 46.8. The molecule has 19 nitrogen and oxygen atoms in total. The van der Waals surface area contributed by atoms with E-state index >= 15 is 0 Å². The van der Waals surface area contributed by atoms with Crippen LogP contribution in [0.2, 0.25) is 0 Å². The molecule has 2 aliphatic rings. The Labute approximate surface area is 245 Å². The van der Waals surface area contributed by atoms with E-state index in [1.807, 2.05) is 0 Å². The number of hydrogen-bond acceptors (Lipinski definition) is 16. The van der Waals surface area contributed by atoms with Crippen LogP contribution in [-0.4, -0.2) is 170 Å². The molecule has 14 atom stereocenters. The Kier molecular flexibility index (Phi) is 14.2. The molecule has 0 aromatic rings. The minimum atomic E-state index is -1.98. The van der Waals surface area contributed by atoms with Crippen LogP contribution in [0.4, 0.5) is 0 Å². The number of carbonyl (C=O) groups is 4. The molecule has 0 spiro atoms. The molecule has 248 valence electrons. The van der Waals surface area contributed by atoms with Crippen molar-refractivity contribution >= 4 is 24.0 Å². The molecular weight excluding hydrogens is 586 g/mol. The summed E-state index contributed by atoms with van der Waals surface area (Å²) < 4.78 is 22.6. The lowest BCUT2D eigenvalue weighted by Gasteiger charge is -2.48. The summed E-state index contributed by atoms with van der Waals surface area (Å²) in [6, 6.07) is -4.66. The molecule has 0 bridgehead atoms. The van der Waals surface area contributed by atoms with Crippen molar-refractivity contribution in [3.63, 3.8) is 0 Å². The maximum Gasteiger partial charge on any atom is 0.217 e. The molecule has 0 saturated carbocycles. The van der Waals surface area contributed by atoms with E-state index in [1.165, 1.54) is 0 Å². The zero-order valence-corrected chi connectivity index (χ0v) is 23.6. The summed E-state index contributed by atoms with van der Waals surface area (Å²) in [6.07, 6.45) is -18.8. The number of ether oxygens (including phenoxy) is 4. The molecule has 2 aliphatic heterocycles.